The van der Waals surface area contributed by atoms with Crippen molar-refractivity contribution in [3.8, 4) is 16.3 Å². The number of hydrogen-bond donors (Lipinski definition) is 1. The fourth-order valence-corrected chi connectivity index (χ4v) is 3.51. The molecule has 0 amide bonds. The van der Waals surface area contributed by atoms with Gasteiger partial charge in [-0.25, -0.2) is 9.78 Å². The van der Waals surface area contributed by atoms with Crippen LogP contribution in [0.15, 0.2) is 60.1 Å². The van der Waals surface area contributed by atoms with Crippen LogP contribution in [0.2, 0.25) is 0 Å². The molecule has 6 heteroatoms. The molecule has 0 saturated heterocycles. The van der Waals surface area contributed by atoms with Crippen molar-refractivity contribution < 1.29 is 14.3 Å². The van der Waals surface area contributed by atoms with Gasteiger partial charge in [0.25, 0.3) is 0 Å². The molecule has 1 N–H and O–H groups in total. The largest absolute Gasteiger partial charge is 0.497 e. The van der Waals surface area contributed by atoms with Crippen LogP contribution < -0.4 is 4.74 Å². The molecule has 0 aliphatic heterocycles. The van der Waals surface area contributed by atoms with Crippen molar-refractivity contribution in [2.45, 2.75) is 6.61 Å². The summed E-state index contributed by atoms with van der Waals surface area (Å²) in [5.74, 6) is 0.444. The van der Waals surface area contributed by atoms with Gasteiger partial charge in [0, 0.05) is 28.0 Å². The minimum Gasteiger partial charge on any atom is -0.497 e. The van der Waals surface area contributed by atoms with Gasteiger partial charge >= 0.3 is 5.97 Å². The van der Waals surface area contributed by atoms with Crippen molar-refractivity contribution in [2.75, 3.05) is 7.11 Å². The molecule has 0 aliphatic rings. The summed E-state index contributed by atoms with van der Waals surface area (Å²) in [6, 6.07) is 15.3. The molecule has 0 aliphatic carbocycles. The van der Waals surface area contributed by atoms with E-state index >= 15 is 0 Å². The van der Waals surface area contributed by atoms with Crippen molar-refractivity contribution in [1.29, 1.82) is 0 Å². The quantitative estimate of drug-likeness (QED) is 0.523. The Morgan fingerprint density at radius 2 is 1.96 bits per heavy atom. The number of benzene rings is 2. The topological polar surface area (TPSA) is 64.2 Å². The number of ether oxygens (including phenoxy) is 2. The van der Waals surface area contributed by atoms with Gasteiger partial charge in [-0.05, 0) is 30.3 Å². The standard InChI is InChI=1S/C20H16N2O3S/c1-24-15-8-6-13(7-9-15)19-22-14(12-26-19)11-25-20(23)17-10-21-18-5-3-2-4-16(17)18/h2-10,12,21H,11H2,1H3. The molecule has 4 aromatic rings. The molecule has 0 atom stereocenters. The number of hydrogen-bond acceptors (Lipinski definition) is 5. The lowest BCUT2D eigenvalue weighted by Crippen LogP contribution is -2.04. The Labute approximate surface area is 154 Å². The molecule has 0 bridgehead atoms. The van der Waals surface area contributed by atoms with Crippen molar-refractivity contribution in [1.82, 2.24) is 9.97 Å². The van der Waals surface area contributed by atoms with Gasteiger partial charge in [0.1, 0.15) is 17.4 Å². The second kappa shape index (κ2) is 7.01. The van der Waals surface area contributed by atoms with Gasteiger partial charge in [-0.1, -0.05) is 18.2 Å². The number of H-pyrrole nitrogens is 1. The molecule has 0 fully saturated rings. The molecule has 2 heterocycles. The highest BCUT2D eigenvalue weighted by Gasteiger charge is 2.14. The molecule has 2 aromatic carbocycles. The van der Waals surface area contributed by atoms with Crippen LogP contribution in [-0.2, 0) is 11.3 Å². The highest BCUT2D eigenvalue weighted by Crippen LogP contribution is 2.26. The summed E-state index contributed by atoms with van der Waals surface area (Å²) < 4.78 is 10.6. The van der Waals surface area contributed by atoms with Crippen LogP contribution in [0.3, 0.4) is 0 Å². The molecule has 2 aromatic heterocycles. The second-order valence-electron chi connectivity index (χ2n) is 5.70. The summed E-state index contributed by atoms with van der Waals surface area (Å²) in [7, 11) is 1.64. The number of rotatable bonds is 5. The first-order valence-electron chi connectivity index (χ1n) is 8.06. The van der Waals surface area contributed by atoms with Crippen LogP contribution in [0, 0.1) is 0 Å². The minimum atomic E-state index is -0.360. The Balaban J connectivity index is 1.45. The lowest BCUT2D eigenvalue weighted by molar-refractivity contribution is 0.0471. The van der Waals surface area contributed by atoms with Crippen molar-refractivity contribution >= 4 is 28.2 Å². The number of nitrogens with zero attached hydrogens (tertiary/aromatic N) is 1. The summed E-state index contributed by atoms with van der Waals surface area (Å²) >= 11 is 1.52. The van der Waals surface area contributed by atoms with E-state index in [4.69, 9.17) is 9.47 Å². The van der Waals surface area contributed by atoms with E-state index in [2.05, 4.69) is 9.97 Å². The summed E-state index contributed by atoms with van der Waals surface area (Å²) in [5, 5.41) is 3.64. The first kappa shape index (κ1) is 16.4. The van der Waals surface area contributed by atoms with Gasteiger partial charge in [-0.15, -0.1) is 11.3 Å². The van der Waals surface area contributed by atoms with Gasteiger partial charge in [0.2, 0.25) is 0 Å². The Kier molecular flexibility index (Phi) is 4.41. The zero-order chi connectivity index (χ0) is 17.9. The highest BCUT2D eigenvalue weighted by molar-refractivity contribution is 7.13. The molecule has 0 unspecified atom stereocenters. The molecule has 0 radical (unpaired) electrons. The average molecular weight is 364 g/mol. The smallest absolute Gasteiger partial charge is 0.340 e. The third kappa shape index (κ3) is 3.19. The van der Waals surface area contributed by atoms with E-state index in [9.17, 15) is 4.79 Å². The molecule has 26 heavy (non-hydrogen) atoms. The molecular weight excluding hydrogens is 348 g/mol. The van der Waals surface area contributed by atoms with Gasteiger partial charge in [0.15, 0.2) is 0 Å². The number of nitrogens with one attached hydrogen (secondary N) is 1. The van der Waals surface area contributed by atoms with E-state index in [0.717, 1.165) is 32.9 Å². The Bertz CT molecular complexity index is 1050. The van der Waals surface area contributed by atoms with E-state index in [1.54, 1.807) is 13.3 Å². The Hall–Kier alpha value is -3.12. The van der Waals surface area contributed by atoms with Crippen molar-refractivity contribution in [3.05, 3.63) is 71.4 Å². The first-order valence-corrected chi connectivity index (χ1v) is 8.94. The minimum absolute atomic E-state index is 0.144. The molecule has 0 spiro atoms. The zero-order valence-corrected chi connectivity index (χ0v) is 14.9. The third-order valence-corrected chi connectivity index (χ3v) is 4.99. The van der Waals surface area contributed by atoms with E-state index < -0.39 is 0 Å². The highest BCUT2D eigenvalue weighted by atomic mass is 32.1. The van der Waals surface area contributed by atoms with Crippen molar-refractivity contribution in [3.63, 3.8) is 0 Å². The normalized spacial score (nSPS) is 10.8. The van der Waals surface area contributed by atoms with E-state index in [-0.39, 0.29) is 12.6 Å². The summed E-state index contributed by atoms with van der Waals surface area (Å²) in [4.78, 5) is 20.0. The maximum Gasteiger partial charge on any atom is 0.340 e. The predicted octanol–water partition coefficient (Wildman–Crippen LogP) is 4.66. The second-order valence-corrected chi connectivity index (χ2v) is 6.55. The number of esters is 1. The summed E-state index contributed by atoms with van der Waals surface area (Å²) in [6.45, 7) is 0.144. The van der Waals surface area contributed by atoms with Crippen LogP contribution >= 0.6 is 11.3 Å². The SMILES string of the molecule is COc1ccc(-c2nc(COC(=O)c3c[nH]c4ccccc34)cs2)cc1. The fraction of sp³-hybridized carbons (Fsp3) is 0.100. The molecule has 4 rings (SSSR count). The number of methoxy groups -OCH3 is 1. The maximum atomic E-state index is 12.4. The van der Waals surface area contributed by atoms with E-state index in [0.29, 0.717) is 5.56 Å². The van der Waals surface area contributed by atoms with Gasteiger partial charge in [-0.3, -0.25) is 0 Å². The number of aromatic amines is 1. The van der Waals surface area contributed by atoms with Crippen molar-refractivity contribution in [2.24, 2.45) is 0 Å². The predicted molar refractivity (Wildman–Crippen MR) is 102 cm³/mol. The van der Waals surface area contributed by atoms with Gasteiger partial charge in [-0.2, -0.15) is 0 Å². The monoisotopic (exact) mass is 364 g/mol. The van der Waals surface area contributed by atoms with E-state index in [1.807, 2.05) is 53.9 Å². The summed E-state index contributed by atoms with van der Waals surface area (Å²) in [6.07, 6.45) is 1.68. The molecule has 0 saturated carbocycles. The molecule has 5 nitrogen and oxygen atoms in total. The molecular formula is C20H16N2O3S. The summed E-state index contributed by atoms with van der Waals surface area (Å²) in [5.41, 5.74) is 3.18. The average Bonchev–Trinajstić information content (AvgIpc) is 3.33. The Morgan fingerprint density at radius 3 is 2.77 bits per heavy atom. The number of carbonyl (C=O) groups is 1. The lowest BCUT2D eigenvalue weighted by atomic mass is 10.2. The first-order chi connectivity index (χ1) is 12.7. The van der Waals surface area contributed by atoms with Crippen LogP contribution in [-0.4, -0.2) is 23.0 Å². The number of aromatic nitrogens is 2. The van der Waals surface area contributed by atoms with Crippen LogP contribution in [0.1, 0.15) is 16.1 Å². The third-order valence-electron chi connectivity index (χ3n) is 4.05. The number of para-hydroxylation sites is 1. The van der Waals surface area contributed by atoms with Crippen LogP contribution in [0.5, 0.6) is 5.75 Å². The lowest BCUT2D eigenvalue weighted by Gasteiger charge is -2.02. The van der Waals surface area contributed by atoms with E-state index in [1.165, 1.54) is 11.3 Å². The Morgan fingerprint density at radius 1 is 1.15 bits per heavy atom. The van der Waals surface area contributed by atoms with Gasteiger partial charge < -0.3 is 14.5 Å². The van der Waals surface area contributed by atoms with Gasteiger partial charge in [0.05, 0.1) is 18.4 Å². The zero-order valence-electron chi connectivity index (χ0n) is 14.1. The fourth-order valence-electron chi connectivity index (χ4n) is 2.70. The van der Waals surface area contributed by atoms with Crippen LogP contribution in [0.25, 0.3) is 21.5 Å². The number of fused-ring (bicyclic) bond motifs is 1. The molecule has 130 valence electrons. The maximum absolute atomic E-state index is 12.4. The number of thiazole rings is 1. The number of carbonyl (C=O) groups excluding carboxylic acids is 1. The van der Waals surface area contributed by atoms with Crippen LogP contribution in [0.4, 0.5) is 0 Å².